The highest BCUT2D eigenvalue weighted by Crippen LogP contribution is 2.30. The van der Waals surface area contributed by atoms with E-state index >= 15 is 0 Å². The Bertz CT molecular complexity index is 1070. The van der Waals surface area contributed by atoms with Crippen LogP contribution in [0, 0.1) is 5.82 Å². The fourth-order valence-electron chi connectivity index (χ4n) is 3.61. The molecule has 4 amide bonds. The van der Waals surface area contributed by atoms with Gasteiger partial charge in [0.25, 0.3) is 11.8 Å². The van der Waals surface area contributed by atoms with E-state index in [1.54, 1.807) is 18.2 Å². The Labute approximate surface area is 198 Å². The zero-order valence-corrected chi connectivity index (χ0v) is 19.4. The minimum atomic E-state index is -0.894. The molecule has 1 aliphatic rings. The summed E-state index contributed by atoms with van der Waals surface area (Å²) in [5.74, 6) is -1.08. The monoisotopic (exact) mass is 468 g/mol. The van der Waals surface area contributed by atoms with E-state index in [1.165, 1.54) is 51.0 Å². The molecule has 1 saturated heterocycles. The van der Waals surface area contributed by atoms with Crippen LogP contribution in [0.25, 0.3) is 6.08 Å². The van der Waals surface area contributed by atoms with Crippen LogP contribution >= 0.6 is 0 Å². The smallest absolute Gasteiger partial charge is 0.335 e. The molecule has 0 spiro atoms. The van der Waals surface area contributed by atoms with Gasteiger partial charge in [-0.15, -0.1) is 0 Å². The summed E-state index contributed by atoms with van der Waals surface area (Å²) in [4.78, 5) is 38.4. The molecule has 8 heteroatoms. The first-order valence-electron chi connectivity index (χ1n) is 11.4. The number of imide groups is 2. The summed E-state index contributed by atoms with van der Waals surface area (Å²) >= 11 is 0. The second-order valence-corrected chi connectivity index (χ2v) is 7.96. The molecule has 2 aromatic rings. The lowest BCUT2D eigenvalue weighted by molar-refractivity contribution is -0.122. The molecular weight excluding hydrogens is 439 g/mol. The highest BCUT2D eigenvalue weighted by Gasteiger charge is 2.36. The third kappa shape index (κ3) is 6.21. The Balaban J connectivity index is 1.73. The minimum absolute atomic E-state index is 0.151. The molecule has 0 aromatic heterocycles. The Morgan fingerprint density at radius 2 is 1.65 bits per heavy atom. The van der Waals surface area contributed by atoms with E-state index in [9.17, 15) is 18.8 Å². The average Bonchev–Trinajstić information content (AvgIpc) is 2.82. The topological polar surface area (TPSA) is 84.9 Å². The molecule has 2 aromatic carbocycles. The molecule has 3 rings (SSSR count). The number of hydrogen-bond donors (Lipinski definition) is 1. The zero-order chi connectivity index (χ0) is 24.5. The van der Waals surface area contributed by atoms with Crippen LogP contribution in [0.3, 0.4) is 0 Å². The number of methoxy groups -OCH3 is 1. The van der Waals surface area contributed by atoms with Gasteiger partial charge < -0.3 is 9.47 Å². The number of ether oxygens (including phenoxy) is 2. The lowest BCUT2D eigenvalue weighted by atomic mass is 10.1. The van der Waals surface area contributed by atoms with Crippen LogP contribution in [0.15, 0.2) is 48.0 Å². The standard InChI is InChI=1S/C26H29FN2O5/c1-3-4-5-6-7-8-15-34-22-14-9-18(17-23(22)33-2)16-21-24(30)28-26(32)29(25(21)31)20-12-10-19(27)11-13-20/h9-14,16-17H,3-8,15H2,1-2H3,(H,28,30,32). The maximum absolute atomic E-state index is 13.2. The van der Waals surface area contributed by atoms with Gasteiger partial charge in [0.05, 0.1) is 19.4 Å². The van der Waals surface area contributed by atoms with Gasteiger partial charge in [-0.05, 0) is 54.5 Å². The Hall–Kier alpha value is -3.68. The van der Waals surface area contributed by atoms with Crippen LogP contribution in [0.4, 0.5) is 14.9 Å². The van der Waals surface area contributed by atoms with Gasteiger partial charge in [-0.3, -0.25) is 14.9 Å². The summed E-state index contributed by atoms with van der Waals surface area (Å²) in [6, 6.07) is 9.02. The van der Waals surface area contributed by atoms with Crippen molar-refractivity contribution in [2.24, 2.45) is 0 Å². The average molecular weight is 469 g/mol. The number of nitrogens with zero attached hydrogens (tertiary/aromatic N) is 1. The lowest BCUT2D eigenvalue weighted by Crippen LogP contribution is -2.54. The third-order valence-corrected chi connectivity index (χ3v) is 5.44. The Morgan fingerprint density at radius 1 is 0.941 bits per heavy atom. The van der Waals surface area contributed by atoms with Crippen molar-refractivity contribution in [3.8, 4) is 11.5 Å². The molecule has 34 heavy (non-hydrogen) atoms. The molecule has 180 valence electrons. The van der Waals surface area contributed by atoms with Gasteiger partial charge in [0.1, 0.15) is 11.4 Å². The first-order valence-corrected chi connectivity index (χ1v) is 11.4. The Morgan fingerprint density at radius 3 is 2.35 bits per heavy atom. The van der Waals surface area contributed by atoms with Gasteiger partial charge in [0, 0.05) is 0 Å². The molecule has 1 fully saturated rings. The molecule has 7 nitrogen and oxygen atoms in total. The quantitative estimate of drug-likeness (QED) is 0.277. The molecule has 0 saturated carbocycles. The van der Waals surface area contributed by atoms with Gasteiger partial charge in [-0.1, -0.05) is 45.1 Å². The second kappa shape index (κ2) is 12.0. The van der Waals surface area contributed by atoms with Crippen molar-refractivity contribution < 1.29 is 28.2 Å². The lowest BCUT2D eigenvalue weighted by Gasteiger charge is -2.26. The molecule has 1 N–H and O–H groups in total. The van der Waals surface area contributed by atoms with Crippen LogP contribution in [0.1, 0.15) is 51.0 Å². The van der Waals surface area contributed by atoms with E-state index in [4.69, 9.17) is 9.47 Å². The van der Waals surface area contributed by atoms with Gasteiger partial charge in [-0.2, -0.15) is 0 Å². The summed E-state index contributed by atoms with van der Waals surface area (Å²) < 4.78 is 24.5. The number of barbiturate groups is 1. The maximum Gasteiger partial charge on any atom is 0.335 e. The number of urea groups is 1. The van der Waals surface area contributed by atoms with Crippen molar-refractivity contribution in [2.45, 2.75) is 45.4 Å². The zero-order valence-electron chi connectivity index (χ0n) is 19.4. The minimum Gasteiger partial charge on any atom is -0.493 e. The van der Waals surface area contributed by atoms with Gasteiger partial charge >= 0.3 is 6.03 Å². The fourth-order valence-corrected chi connectivity index (χ4v) is 3.61. The predicted octanol–water partition coefficient (Wildman–Crippen LogP) is 5.24. The third-order valence-electron chi connectivity index (χ3n) is 5.44. The number of rotatable bonds is 11. The number of hydrogen-bond acceptors (Lipinski definition) is 5. The van der Waals surface area contributed by atoms with Crippen LogP contribution in [0.5, 0.6) is 11.5 Å². The van der Waals surface area contributed by atoms with E-state index in [0.717, 1.165) is 29.9 Å². The molecule has 0 unspecified atom stereocenters. The largest absolute Gasteiger partial charge is 0.493 e. The van der Waals surface area contributed by atoms with Crippen molar-refractivity contribution in [3.63, 3.8) is 0 Å². The van der Waals surface area contributed by atoms with Crippen LogP contribution < -0.4 is 19.7 Å². The van der Waals surface area contributed by atoms with Crippen molar-refractivity contribution in [2.75, 3.05) is 18.6 Å². The van der Waals surface area contributed by atoms with Gasteiger partial charge in [-0.25, -0.2) is 14.1 Å². The summed E-state index contributed by atoms with van der Waals surface area (Å²) in [6.45, 7) is 2.76. The predicted molar refractivity (Wildman–Crippen MR) is 127 cm³/mol. The normalized spacial score (nSPS) is 15.0. The van der Waals surface area contributed by atoms with E-state index in [1.807, 2.05) is 0 Å². The van der Waals surface area contributed by atoms with Crippen LogP contribution in [0.2, 0.25) is 0 Å². The van der Waals surface area contributed by atoms with Crippen molar-refractivity contribution in [1.82, 2.24) is 5.32 Å². The highest BCUT2D eigenvalue weighted by molar-refractivity contribution is 6.39. The molecule has 0 bridgehead atoms. The molecule has 1 heterocycles. The fraction of sp³-hybridized carbons (Fsp3) is 0.346. The van der Waals surface area contributed by atoms with Crippen molar-refractivity contribution >= 4 is 29.6 Å². The molecular formula is C26H29FN2O5. The number of nitrogens with one attached hydrogen (secondary N) is 1. The van der Waals surface area contributed by atoms with E-state index in [-0.39, 0.29) is 11.3 Å². The van der Waals surface area contributed by atoms with Crippen molar-refractivity contribution in [3.05, 3.63) is 59.4 Å². The Kier molecular flexibility index (Phi) is 8.79. The molecule has 0 aliphatic carbocycles. The number of carbonyl (C=O) groups excluding carboxylic acids is 3. The summed E-state index contributed by atoms with van der Waals surface area (Å²) in [7, 11) is 1.51. The maximum atomic E-state index is 13.2. The number of amides is 4. The van der Waals surface area contributed by atoms with Crippen LogP contribution in [-0.2, 0) is 9.59 Å². The van der Waals surface area contributed by atoms with E-state index in [2.05, 4.69) is 12.2 Å². The molecule has 0 radical (unpaired) electrons. The number of anilines is 1. The number of unbranched alkanes of at least 4 members (excludes halogenated alkanes) is 5. The molecule has 0 atom stereocenters. The summed E-state index contributed by atoms with van der Waals surface area (Å²) in [5, 5.41) is 2.14. The van der Waals surface area contributed by atoms with Crippen molar-refractivity contribution in [1.29, 1.82) is 0 Å². The van der Waals surface area contributed by atoms with Gasteiger partial charge in [0.2, 0.25) is 0 Å². The number of halogens is 1. The van der Waals surface area contributed by atoms with E-state index < -0.39 is 23.7 Å². The highest BCUT2D eigenvalue weighted by atomic mass is 19.1. The summed E-state index contributed by atoms with van der Waals surface area (Å²) in [6.07, 6.45) is 8.31. The van der Waals surface area contributed by atoms with Crippen LogP contribution in [-0.4, -0.2) is 31.6 Å². The SMILES string of the molecule is CCCCCCCCOc1ccc(C=C2C(=O)NC(=O)N(c3ccc(F)cc3)C2=O)cc1OC. The van der Waals surface area contributed by atoms with Gasteiger partial charge in [0.15, 0.2) is 11.5 Å². The second-order valence-electron chi connectivity index (χ2n) is 7.96. The van der Waals surface area contributed by atoms with E-state index in [0.29, 0.717) is 23.7 Å². The first kappa shape index (κ1) is 25.0. The summed E-state index contributed by atoms with van der Waals surface area (Å²) in [5.41, 5.74) is 0.445. The number of carbonyl (C=O) groups is 3. The first-order chi connectivity index (χ1) is 16.4. The molecule has 1 aliphatic heterocycles. The number of benzene rings is 2.